The lowest BCUT2D eigenvalue weighted by Gasteiger charge is -2.37. The Morgan fingerprint density at radius 2 is 0.828 bits per heavy atom. The molecule has 2 aromatic heterocycles. The molecule has 0 fully saturated rings. The van der Waals surface area contributed by atoms with Crippen LogP contribution in [0.1, 0.15) is 47.9 Å². The first-order valence-corrected chi connectivity index (χ1v) is 21.3. The average molecular weight is 745 g/mol. The molecule has 0 radical (unpaired) electrons. The molecule has 0 aliphatic heterocycles. The minimum atomic E-state index is 1.10. The Morgan fingerprint density at radius 1 is 0.362 bits per heavy atom. The van der Waals surface area contributed by atoms with Crippen LogP contribution in [-0.4, -0.2) is 4.40 Å². The van der Waals surface area contributed by atoms with Crippen LogP contribution in [-0.2, 0) is 25.7 Å². The molecule has 2 heteroatoms. The topological polar surface area (TPSA) is 7.65 Å². The van der Waals surface area contributed by atoms with Gasteiger partial charge < -0.3 is 9.30 Å². The minimum Gasteiger partial charge on any atom is -0.310 e. The van der Waals surface area contributed by atoms with Crippen LogP contribution >= 0.6 is 0 Å². The van der Waals surface area contributed by atoms with Gasteiger partial charge in [-0.2, -0.15) is 0 Å². The largest absolute Gasteiger partial charge is 0.310 e. The summed E-state index contributed by atoms with van der Waals surface area (Å²) in [4.78, 5) is 2.63. The van der Waals surface area contributed by atoms with E-state index >= 15 is 0 Å². The summed E-state index contributed by atoms with van der Waals surface area (Å²) in [5.41, 5.74) is 22.1. The smallest absolute Gasteiger partial charge is 0.0620 e. The van der Waals surface area contributed by atoms with Crippen molar-refractivity contribution in [3.63, 3.8) is 0 Å². The fourth-order valence-corrected chi connectivity index (χ4v) is 10.8. The first kappa shape index (κ1) is 33.5. The lowest BCUT2D eigenvalue weighted by atomic mass is 9.75. The Balaban J connectivity index is 1.12. The third-order valence-corrected chi connectivity index (χ3v) is 13.3. The third kappa shape index (κ3) is 5.11. The van der Waals surface area contributed by atoms with Gasteiger partial charge in [0.05, 0.1) is 22.2 Å². The molecule has 0 bridgehead atoms. The molecular formula is C56H44N2. The van der Waals surface area contributed by atoms with Gasteiger partial charge in [-0.15, -0.1) is 0 Å². The van der Waals surface area contributed by atoms with Crippen molar-refractivity contribution in [3.8, 4) is 33.4 Å². The highest BCUT2D eigenvalue weighted by atomic mass is 15.1. The number of rotatable bonds is 6. The van der Waals surface area contributed by atoms with Crippen molar-refractivity contribution in [2.24, 2.45) is 0 Å². The quantitative estimate of drug-likeness (QED) is 0.165. The number of aromatic nitrogens is 1. The number of benzene rings is 8. The Hall–Kier alpha value is -6.64. The van der Waals surface area contributed by atoms with Crippen LogP contribution in [0.15, 0.2) is 170 Å². The fourth-order valence-electron chi connectivity index (χ4n) is 10.8. The van der Waals surface area contributed by atoms with Crippen molar-refractivity contribution in [3.05, 3.63) is 192 Å². The molecule has 0 saturated heterocycles. The Bertz CT molecular complexity index is 3020. The molecule has 0 saturated carbocycles. The molecule has 8 aromatic carbocycles. The predicted octanol–water partition coefficient (Wildman–Crippen LogP) is 15.1. The van der Waals surface area contributed by atoms with E-state index in [1.807, 2.05) is 0 Å². The van der Waals surface area contributed by atoms with Gasteiger partial charge >= 0.3 is 0 Å². The van der Waals surface area contributed by atoms with Crippen LogP contribution in [0.2, 0.25) is 0 Å². The maximum Gasteiger partial charge on any atom is 0.0620 e. The molecule has 12 rings (SSSR count). The van der Waals surface area contributed by atoms with E-state index in [2.05, 4.69) is 179 Å². The zero-order chi connectivity index (χ0) is 38.2. The van der Waals surface area contributed by atoms with E-state index in [1.54, 1.807) is 22.3 Å². The summed E-state index contributed by atoms with van der Waals surface area (Å²) in [6.45, 7) is 0. The van der Waals surface area contributed by atoms with Crippen molar-refractivity contribution in [1.82, 2.24) is 4.40 Å². The molecule has 10 aromatic rings. The van der Waals surface area contributed by atoms with Gasteiger partial charge in [-0.3, -0.25) is 0 Å². The third-order valence-electron chi connectivity index (χ3n) is 13.3. The van der Waals surface area contributed by atoms with Crippen molar-refractivity contribution in [2.45, 2.75) is 51.4 Å². The molecule has 0 spiro atoms. The molecule has 2 aliphatic carbocycles. The van der Waals surface area contributed by atoms with Crippen LogP contribution < -0.4 is 4.90 Å². The monoisotopic (exact) mass is 744 g/mol. The van der Waals surface area contributed by atoms with E-state index in [4.69, 9.17) is 0 Å². The highest BCUT2D eigenvalue weighted by Gasteiger charge is 2.32. The molecular weight excluding hydrogens is 701 g/mol. The second-order valence-corrected chi connectivity index (χ2v) is 16.5. The number of nitrogens with zero attached hydrogens (tertiary/aromatic N) is 2. The van der Waals surface area contributed by atoms with Gasteiger partial charge in [-0.05, 0) is 143 Å². The SMILES string of the molecule is c1ccc(-c2ccc(N(c3ccc(-c4ccccc4)cc3)c3c4c(c(-c5cccc6c5c5cccc7c8ccccc8n6c75)c5c3CCCC5)CCCC4)cc2)cc1. The number of hydrogen-bond donors (Lipinski definition) is 0. The van der Waals surface area contributed by atoms with Gasteiger partial charge in [0.1, 0.15) is 0 Å². The van der Waals surface area contributed by atoms with Crippen molar-refractivity contribution in [2.75, 3.05) is 4.90 Å². The molecule has 58 heavy (non-hydrogen) atoms. The summed E-state index contributed by atoms with van der Waals surface area (Å²) in [5.74, 6) is 0. The highest BCUT2D eigenvalue weighted by Crippen LogP contribution is 2.52. The van der Waals surface area contributed by atoms with E-state index in [0.29, 0.717) is 0 Å². The standard InChI is InChI=1S/C56H44N2/c1-3-15-37(16-4-1)39-29-33-41(34-30-39)57(42-35-31-40(32-36-42)38-17-5-2-6-18-38)55-47-22-9-7-20-44(47)53(45-21-8-10-23-48(45)55)49-25-14-28-52-54(49)50-26-13-24-46-43-19-11-12-27-51(43)58(52)56(46)50/h1-6,11-19,24-36H,7-10,20-23H2. The lowest BCUT2D eigenvalue weighted by Crippen LogP contribution is -2.22. The van der Waals surface area contributed by atoms with Crippen molar-refractivity contribution < 1.29 is 0 Å². The maximum absolute atomic E-state index is 2.63. The van der Waals surface area contributed by atoms with Crippen LogP contribution in [0.4, 0.5) is 17.1 Å². The van der Waals surface area contributed by atoms with Gasteiger partial charge in [-0.1, -0.05) is 133 Å². The summed E-state index contributed by atoms with van der Waals surface area (Å²) in [5, 5.41) is 5.47. The summed E-state index contributed by atoms with van der Waals surface area (Å²) in [6, 6.07) is 63.3. The molecule has 2 heterocycles. The molecule has 278 valence electrons. The van der Waals surface area contributed by atoms with Crippen LogP contribution in [0.25, 0.3) is 71.5 Å². The van der Waals surface area contributed by atoms with E-state index in [1.165, 1.54) is 114 Å². The average Bonchev–Trinajstić information content (AvgIpc) is 3.83. The number of anilines is 3. The molecule has 2 aliphatic rings. The van der Waals surface area contributed by atoms with Crippen molar-refractivity contribution in [1.29, 1.82) is 0 Å². The number of para-hydroxylation sites is 2. The first-order valence-electron chi connectivity index (χ1n) is 21.3. The second kappa shape index (κ2) is 13.5. The summed E-state index contributed by atoms with van der Waals surface area (Å²) in [6.07, 6.45) is 9.31. The van der Waals surface area contributed by atoms with Gasteiger partial charge in [0.15, 0.2) is 0 Å². The van der Waals surface area contributed by atoms with E-state index < -0.39 is 0 Å². The van der Waals surface area contributed by atoms with E-state index in [-0.39, 0.29) is 0 Å². The minimum absolute atomic E-state index is 1.10. The lowest BCUT2D eigenvalue weighted by molar-refractivity contribution is 0.661. The summed E-state index contributed by atoms with van der Waals surface area (Å²) < 4.78 is 2.55. The Labute approximate surface area is 340 Å². The zero-order valence-corrected chi connectivity index (χ0v) is 32.7. The maximum atomic E-state index is 2.63. The number of fused-ring (bicyclic) bond motifs is 8. The summed E-state index contributed by atoms with van der Waals surface area (Å²) >= 11 is 0. The Kier molecular flexibility index (Phi) is 7.79. The molecule has 0 unspecified atom stereocenters. The van der Waals surface area contributed by atoms with Gasteiger partial charge in [0.2, 0.25) is 0 Å². The van der Waals surface area contributed by atoms with Gasteiger partial charge in [-0.25, -0.2) is 0 Å². The molecule has 0 N–H and O–H groups in total. The van der Waals surface area contributed by atoms with Gasteiger partial charge in [0.25, 0.3) is 0 Å². The molecule has 0 amide bonds. The fraction of sp³-hybridized carbons (Fsp3) is 0.143. The summed E-state index contributed by atoms with van der Waals surface area (Å²) in [7, 11) is 0. The normalized spacial score (nSPS) is 14.0. The van der Waals surface area contributed by atoms with Crippen molar-refractivity contribution >= 4 is 55.2 Å². The van der Waals surface area contributed by atoms with E-state index in [0.717, 1.165) is 25.7 Å². The predicted molar refractivity (Wildman–Crippen MR) is 245 cm³/mol. The van der Waals surface area contributed by atoms with Crippen LogP contribution in [0.5, 0.6) is 0 Å². The first-order chi connectivity index (χ1) is 28.8. The molecule has 0 atom stereocenters. The van der Waals surface area contributed by atoms with Crippen LogP contribution in [0.3, 0.4) is 0 Å². The second-order valence-electron chi connectivity index (χ2n) is 16.5. The number of hydrogen-bond acceptors (Lipinski definition) is 1. The zero-order valence-electron chi connectivity index (χ0n) is 32.7. The van der Waals surface area contributed by atoms with Crippen LogP contribution in [0, 0.1) is 0 Å². The Morgan fingerprint density at radius 3 is 1.43 bits per heavy atom. The van der Waals surface area contributed by atoms with Gasteiger partial charge in [0, 0.05) is 32.9 Å². The highest BCUT2D eigenvalue weighted by molar-refractivity contribution is 6.26. The molecule has 2 nitrogen and oxygen atoms in total. The van der Waals surface area contributed by atoms with E-state index in [9.17, 15) is 0 Å².